The predicted molar refractivity (Wildman–Crippen MR) is 88.3 cm³/mol. The number of benzene rings is 2. The first kappa shape index (κ1) is 16.0. The molecule has 0 fully saturated rings. The molecule has 0 saturated heterocycles. The highest BCUT2D eigenvalue weighted by Crippen LogP contribution is 2.22. The van der Waals surface area contributed by atoms with Crippen LogP contribution in [0.25, 0.3) is 11.1 Å². The van der Waals surface area contributed by atoms with E-state index in [2.05, 4.69) is 35.3 Å². The van der Waals surface area contributed by atoms with Gasteiger partial charge in [0.1, 0.15) is 5.60 Å². The Morgan fingerprint density at radius 1 is 1.00 bits per heavy atom. The summed E-state index contributed by atoms with van der Waals surface area (Å²) in [6.45, 7) is 6.31. The molecule has 0 heterocycles. The van der Waals surface area contributed by atoms with E-state index in [0.29, 0.717) is 5.69 Å². The van der Waals surface area contributed by atoms with Crippen LogP contribution >= 0.6 is 0 Å². The van der Waals surface area contributed by atoms with Crippen molar-refractivity contribution in [2.24, 2.45) is 0 Å². The van der Waals surface area contributed by atoms with E-state index < -0.39 is 11.7 Å². The molecule has 4 heteroatoms. The Balaban J connectivity index is 2.05. The van der Waals surface area contributed by atoms with Crippen LogP contribution in [-0.4, -0.2) is 11.7 Å². The lowest BCUT2D eigenvalue weighted by Gasteiger charge is -2.19. The van der Waals surface area contributed by atoms with Crippen LogP contribution < -0.4 is 11.1 Å². The second-order valence-electron chi connectivity index (χ2n) is 6.15. The van der Waals surface area contributed by atoms with E-state index in [1.54, 1.807) is 0 Å². The van der Waals surface area contributed by atoms with Gasteiger partial charge in [-0.3, -0.25) is 5.32 Å². The van der Waals surface area contributed by atoms with Gasteiger partial charge in [0, 0.05) is 11.3 Å². The third-order valence-corrected chi connectivity index (χ3v) is 3.11. The molecule has 2 aromatic rings. The molecule has 0 aliphatic rings. The summed E-state index contributed by atoms with van der Waals surface area (Å²) in [7, 11) is 0. The molecule has 0 aromatic heterocycles. The number of ether oxygens (including phenoxy) is 1. The number of anilines is 1. The van der Waals surface area contributed by atoms with E-state index in [9.17, 15) is 4.79 Å². The Morgan fingerprint density at radius 2 is 1.50 bits per heavy atom. The standard InChI is InChI=1S/C18H22N2O2/c1-18(2,3)22-17(21)20-16-10-8-15(9-11-16)14-6-4-13(12-19)5-7-14/h4-11H,12,19H2,1-3H3,(H,20,21)/p+1. The quantitative estimate of drug-likeness (QED) is 0.911. The Bertz CT molecular complexity index is 626. The van der Waals surface area contributed by atoms with Gasteiger partial charge in [-0.2, -0.15) is 0 Å². The number of amides is 1. The second kappa shape index (κ2) is 6.62. The average molecular weight is 299 g/mol. The lowest BCUT2D eigenvalue weighted by Crippen LogP contribution is -2.47. The summed E-state index contributed by atoms with van der Waals surface area (Å²) >= 11 is 0. The molecule has 0 spiro atoms. The smallest absolute Gasteiger partial charge is 0.412 e. The van der Waals surface area contributed by atoms with Gasteiger partial charge in [-0.15, -0.1) is 0 Å². The molecule has 22 heavy (non-hydrogen) atoms. The number of hydrogen-bond donors (Lipinski definition) is 2. The van der Waals surface area contributed by atoms with Crippen molar-refractivity contribution in [1.29, 1.82) is 0 Å². The van der Waals surface area contributed by atoms with E-state index in [4.69, 9.17) is 4.74 Å². The Kier molecular flexibility index (Phi) is 4.83. The van der Waals surface area contributed by atoms with Crippen LogP contribution in [0.3, 0.4) is 0 Å². The van der Waals surface area contributed by atoms with Crippen molar-refractivity contribution in [1.82, 2.24) is 0 Å². The summed E-state index contributed by atoms with van der Waals surface area (Å²) < 4.78 is 5.23. The number of nitrogens with one attached hydrogen (secondary N) is 1. The van der Waals surface area contributed by atoms with Crippen molar-refractivity contribution in [3.63, 3.8) is 0 Å². The number of carbonyl (C=O) groups is 1. The van der Waals surface area contributed by atoms with Crippen molar-refractivity contribution in [3.05, 3.63) is 54.1 Å². The van der Waals surface area contributed by atoms with Gasteiger partial charge in [0.05, 0.1) is 6.54 Å². The van der Waals surface area contributed by atoms with Gasteiger partial charge < -0.3 is 10.5 Å². The minimum atomic E-state index is -0.500. The maximum absolute atomic E-state index is 11.7. The molecular formula is C18H23N2O2+. The zero-order valence-corrected chi connectivity index (χ0v) is 13.3. The molecule has 0 atom stereocenters. The van der Waals surface area contributed by atoms with Crippen molar-refractivity contribution in [2.75, 3.05) is 5.32 Å². The van der Waals surface area contributed by atoms with Crippen LogP contribution in [0.15, 0.2) is 48.5 Å². The fourth-order valence-electron chi connectivity index (χ4n) is 2.03. The molecule has 116 valence electrons. The van der Waals surface area contributed by atoms with Gasteiger partial charge in [0.25, 0.3) is 0 Å². The number of carbonyl (C=O) groups excluding carboxylic acids is 1. The SMILES string of the molecule is CC(C)(C)OC(=O)Nc1ccc(-c2ccc(C[NH3+])cc2)cc1. The van der Waals surface area contributed by atoms with Crippen LogP contribution in [0.1, 0.15) is 26.3 Å². The molecule has 4 nitrogen and oxygen atoms in total. The first-order valence-electron chi connectivity index (χ1n) is 7.36. The van der Waals surface area contributed by atoms with Crippen LogP contribution in [0.5, 0.6) is 0 Å². The zero-order chi connectivity index (χ0) is 16.2. The Labute approximate surface area is 131 Å². The zero-order valence-electron chi connectivity index (χ0n) is 13.3. The minimum Gasteiger partial charge on any atom is -0.444 e. The molecule has 0 aliphatic carbocycles. The molecule has 0 radical (unpaired) electrons. The normalized spacial score (nSPS) is 11.1. The molecular weight excluding hydrogens is 276 g/mol. The van der Waals surface area contributed by atoms with Crippen molar-refractivity contribution in [2.45, 2.75) is 32.9 Å². The van der Waals surface area contributed by atoms with Crippen molar-refractivity contribution < 1.29 is 15.3 Å². The van der Waals surface area contributed by atoms with Gasteiger partial charge in [-0.05, 0) is 44.0 Å². The van der Waals surface area contributed by atoms with Gasteiger partial charge in [0.2, 0.25) is 0 Å². The van der Waals surface area contributed by atoms with Crippen LogP contribution in [0.4, 0.5) is 10.5 Å². The molecule has 1 amide bonds. The number of quaternary nitrogens is 1. The first-order valence-corrected chi connectivity index (χ1v) is 7.36. The van der Waals surface area contributed by atoms with Crippen molar-refractivity contribution >= 4 is 11.8 Å². The predicted octanol–water partition coefficient (Wildman–Crippen LogP) is 3.44. The summed E-state index contributed by atoms with van der Waals surface area (Å²) in [6, 6.07) is 16.0. The topological polar surface area (TPSA) is 66.0 Å². The van der Waals surface area contributed by atoms with Gasteiger partial charge in [-0.25, -0.2) is 4.79 Å². The third-order valence-electron chi connectivity index (χ3n) is 3.11. The molecule has 4 N–H and O–H groups in total. The van der Waals surface area contributed by atoms with E-state index in [1.807, 2.05) is 45.0 Å². The first-order chi connectivity index (χ1) is 10.4. The Hall–Kier alpha value is -2.33. The van der Waals surface area contributed by atoms with E-state index in [0.717, 1.165) is 17.7 Å². The van der Waals surface area contributed by atoms with Crippen molar-refractivity contribution in [3.8, 4) is 11.1 Å². The summed E-state index contributed by atoms with van der Waals surface area (Å²) in [6.07, 6.45) is -0.444. The number of hydrogen-bond acceptors (Lipinski definition) is 2. The maximum atomic E-state index is 11.7. The molecule has 2 rings (SSSR count). The summed E-state index contributed by atoms with van der Waals surface area (Å²) in [5.74, 6) is 0. The van der Waals surface area contributed by atoms with E-state index in [1.165, 1.54) is 5.56 Å². The highest BCUT2D eigenvalue weighted by atomic mass is 16.6. The second-order valence-corrected chi connectivity index (χ2v) is 6.15. The fourth-order valence-corrected chi connectivity index (χ4v) is 2.03. The highest BCUT2D eigenvalue weighted by molar-refractivity contribution is 5.85. The largest absolute Gasteiger partial charge is 0.444 e. The molecule has 0 aliphatic heterocycles. The summed E-state index contributed by atoms with van der Waals surface area (Å²) in [4.78, 5) is 11.7. The average Bonchev–Trinajstić information content (AvgIpc) is 2.46. The fraction of sp³-hybridized carbons (Fsp3) is 0.278. The van der Waals surface area contributed by atoms with Crippen LogP contribution in [0, 0.1) is 0 Å². The molecule has 0 saturated carbocycles. The monoisotopic (exact) mass is 299 g/mol. The van der Waals surface area contributed by atoms with Gasteiger partial charge in [-0.1, -0.05) is 36.4 Å². The van der Waals surface area contributed by atoms with E-state index in [-0.39, 0.29) is 0 Å². The minimum absolute atomic E-state index is 0.444. The molecule has 0 unspecified atom stereocenters. The Morgan fingerprint density at radius 3 is 1.95 bits per heavy atom. The third kappa shape index (κ3) is 4.60. The maximum Gasteiger partial charge on any atom is 0.412 e. The number of rotatable bonds is 3. The highest BCUT2D eigenvalue weighted by Gasteiger charge is 2.16. The van der Waals surface area contributed by atoms with Crippen LogP contribution in [0.2, 0.25) is 0 Å². The van der Waals surface area contributed by atoms with Crippen LogP contribution in [-0.2, 0) is 11.3 Å². The van der Waals surface area contributed by atoms with E-state index >= 15 is 0 Å². The van der Waals surface area contributed by atoms with Gasteiger partial charge in [0.15, 0.2) is 0 Å². The lowest BCUT2D eigenvalue weighted by atomic mass is 10.0. The summed E-state index contributed by atoms with van der Waals surface area (Å²) in [5.41, 5.74) is 7.54. The lowest BCUT2D eigenvalue weighted by molar-refractivity contribution is -0.386. The van der Waals surface area contributed by atoms with Gasteiger partial charge >= 0.3 is 6.09 Å². The summed E-state index contributed by atoms with van der Waals surface area (Å²) in [5, 5.41) is 2.73. The molecule has 0 bridgehead atoms. The molecule has 2 aromatic carbocycles.